The van der Waals surface area contributed by atoms with Crippen molar-refractivity contribution < 1.29 is 17.6 Å². The molecule has 2 aromatic rings. The minimum atomic E-state index is -3.35. The smallest absolute Gasteiger partial charge is 0.236 e. The van der Waals surface area contributed by atoms with E-state index in [-0.39, 0.29) is 11.8 Å². The van der Waals surface area contributed by atoms with Crippen molar-refractivity contribution in [3.05, 3.63) is 29.5 Å². The number of aromatic nitrogens is 1. The quantitative estimate of drug-likeness (QED) is 0.860. The predicted molar refractivity (Wildman–Crippen MR) is 87.7 cm³/mol. The fourth-order valence-electron chi connectivity index (χ4n) is 2.69. The van der Waals surface area contributed by atoms with Crippen LogP contribution in [0.3, 0.4) is 0 Å². The highest BCUT2D eigenvalue weighted by Crippen LogP contribution is 2.25. The predicted octanol–water partition coefficient (Wildman–Crippen LogP) is 2.38. The van der Waals surface area contributed by atoms with E-state index in [2.05, 4.69) is 10.3 Å². The van der Waals surface area contributed by atoms with Gasteiger partial charge in [0.1, 0.15) is 12.0 Å². The second-order valence-electron chi connectivity index (χ2n) is 5.61. The molecule has 1 aliphatic carbocycles. The summed E-state index contributed by atoms with van der Waals surface area (Å²) in [5.41, 5.74) is 0.569. The molecule has 0 unspecified atom stereocenters. The molecular weight excluding hydrogens is 336 g/mol. The molecule has 0 atom stereocenters. The SMILES string of the molecule is O=C(CS(=O)(=O)C1CCCC1)NCc1coc(-c2cccs2)n1. The summed E-state index contributed by atoms with van der Waals surface area (Å²) in [6, 6.07) is 3.80. The van der Waals surface area contributed by atoms with E-state index in [0.29, 0.717) is 24.4 Å². The first-order valence-electron chi connectivity index (χ1n) is 7.51. The fourth-order valence-corrected chi connectivity index (χ4v) is 5.10. The maximum atomic E-state index is 12.1. The lowest BCUT2D eigenvalue weighted by molar-refractivity contribution is -0.118. The van der Waals surface area contributed by atoms with Crippen LogP contribution in [0.4, 0.5) is 0 Å². The molecule has 0 radical (unpaired) electrons. The number of nitrogens with zero attached hydrogens (tertiary/aromatic N) is 1. The number of rotatable bonds is 6. The number of carbonyl (C=O) groups is 1. The lowest BCUT2D eigenvalue weighted by Crippen LogP contribution is -2.33. The van der Waals surface area contributed by atoms with Gasteiger partial charge in [0.15, 0.2) is 9.84 Å². The maximum absolute atomic E-state index is 12.1. The van der Waals surface area contributed by atoms with E-state index in [1.54, 1.807) is 0 Å². The molecule has 0 saturated heterocycles. The molecule has 1 N–H and O–H groups in total. The van der Waals surface area contributed by atoms with Gasteiger partial charge in [-0.05, 0) is 24.3 Å². The van der Waals surface area contributed by atoms with Crippen LogP contribution in [0, 0.1) is 0 Å². The van der Waals surface area contributed by atoms with E-state index in [1.165, 1.54) is 17.6 Å². The number of hydrogen-bond acceptors (Lipinski definition) is 6. The van der Waals surface area contributed by atoms with Gasteiger partial charge in [-0.25, -0.2) is 13.4 Å². The van der Waals surface area contributed by atoms with Gasteiger partial charge in [0.25, 0.3) is 0 Å². The van der Waals surface area contributed by atoms with Crippen molar-refractivity contribution >= 4 is 27.1 Å². The molecular formula is C15H18N2O4S2. The number of amides is 1. The summed E-state index contributed by atoms with van der Waals surface area (Å²) in [5.74, 6) is -0.437. The minimum Gasteiger partial charge on any atom is -0.443 e. The van der Waals surface area contributed by atoms with Gasteiger partial charge in [0.2, 0.25) is 11.8 Å². The first kappa shape index (κ1) is 16.2. The largest absolute Gasteiger partial charge is 0.443 e. The van der Waals surface area contributed by atoms with Gasteiger partial charge in [-0.2, -0.15) is 0 Å². The molecule has 3 rings (SSSR count). The lowest BCUT2D eigenvalue weighted by Gasteiger charge is -2.10. The number of hydrogen-bond donors (Lipinski definition) is 1. The summed E-state index contributed by atoms with van der Waals surface area (Å²) < 4.78 is 29.6. The van der Waals surface area contributed by atoms with E-state index in [0.717, 1.165) is 17.7 Å². The van der Waals surface area contributed by atoms with Gasteiger partial charge in [-0.15, -0.1) is 11.3 Å². The number of sulfone groups is 1. The number of carbonyl (C=O) groups excluding carboxylic acids is 1. The second kappa shape index (κ2) is 6.84. The Morgan fingerprint density at radius 1 is 1.39 bits per heavy atom. The Hall–Kier alpha value is -1.67. The molecule has 1 amide bonds. The Morgan fingerprint density at radius 3 is 2.87 bits per heavy atom. The number of oxazole rings is 1. The van der Waals surface area contributed by atoms with Crippen LogP contribution >= 0.6 is 11.3 Å². The number of thiophene rings is 1. The van der Waals surface area contributed by atoms with E-state index in [4.69, 9.17) is 4.42 Å². The van der Waals surface area contributed by atoms with Crippen molar-refractivity contribution in [3.8, 4) is 10.8 Å². The van der Waals surface area contributed by atoms with Gasteiger partial charge in [0.05, 0.1) is 22.4 Å². The zero-order valence-electron chi connectivity index (χ0n) is 12.5. The summed E-state index contributed by atoms with van der Waals surface area (Å²) in [6.45, 7) is 0.161. The van der Waals surface area contributed by atoms with Crippen LogP contribution in [-0.2, 0) is 21.2 Å². The molecule has 1 aliphatic rings. The molecule has 0 aromatic carbocycles. The Kier molecular flexibility index (Phi) is 4.82. The van der Waals surface area contributed by atoms with Crippen molar-refractivity contribution in [2.24, 2.45) is 0 Å². The maximum Gasteiger partial charge on any atom is 0.236 e. The van der Waals surface area contributed by atoms with Crippen LogP contribution in [0.2, 0.25) is 0 Å². The van der Waals surface area contributed by atoms with Crippen LogP contribution in [0.1, 0.15) is 31.4 Å². The minimum absolute atomic E-state index is 0.161. The molecule has 0 bridgehead atoms. The highest BCUT2D eigenvalue weighted by molar-refractivity contribution is 7.92. The summed E-state index contributed by atoms with van der Waals surface area (Å²) in [7, 11) is -3.35. The lowest BCUT2D eigenvalue weighted by atomic mass is 10.4. The normalized spacial score (nSPS) is 15.8. The topological polar surface area (TPSA) is 89.3 Å². The highest BCUT2D eigenvalue weighted by atomic mass is 32.2. The fraction of sp³-hybridized carbons (Fsp3) is 0.467. The van der Waals surface area contributed by atoms with Crippen molar-refractivity contribution in [2.75, 3.05) is 5.75 Å². The van der Waals surface area contributed by atoms with Crippen molar-refractivity contribution in [2.45, 2.75) is 37.5 Å². The Balaban J connectivity index is 1.53. The average molecular weight is 354 g/mol. The monoisotopic (exact) mass is 354 g/mol. The van der Waals surface area contributed by atoms with E-state index in [1.807, 2.05) is 17.5 Å². The molecule has 23 heavy (non-hydrogen) atoms. The summed E-state index contributed by atoms with van der Waals surface area (Å²) in [5, 5.41) is 4.17. The van der Waals surface area contributed by atoms with Crippen LogP contribution in [-0.4, -0.2) is 30.3 Å². The molecule has 124 valence electrons. The molecule has 1 fully saturated rings. The van der Waals surface area contributed by atoms with E-state index < -0.39 is 21.5 Å². The first-order valence-corrected chi connectivity index (χ1v) is 10.1. The van der Waals surface area contributed by atoms with Gasteiger partial charge >= 0.3 is 0 Å². The third-order valence-corrected chi connectivity index (χ3v) is 6.90. The molecule has 1 saturated carbocycles. The van der Waals surface area contributed by atoms with Crippen molar-refractivity contribution in [1.82, 2.24) is 10.3 Å². The van der Waals surface area contributed by atoms with Gasteiger partial charge in [0, 0.05) is 0 Å². The summed E-state index contributed by atoms with van der Waals surface area (Å²) in [6.07, 6.45) is 4.67. The third kappa shape index (κ3) is 4.00. The third-order valence-electron chi connectivity index (χ3n) is 3.89. The second-order valence-corrected chi connectivity index (χ2v) is 8.84. The molecule has 6 nitrogen and oxygen atoms in total. The van der Waals surface area contributed by atoms with Crippen LogP contribution in [0.25, 0.3) is 10.8 Å². The average Bonchev–Trinajstić information content (AvgIpc) is 3.24. The zero-order chi connectivity index (χ0) is 16.3. The van der Waals surface area contributed by atoms with Gasteiger partial charge < -0.3 is 9.73 Å². The van der Waals surface area contributed by atoms with E-state index >= 15 is 0 Å². The first-order chi connectivity index (χ1) is 11.0. The molecule has 2 heterocycles. The molecule has 0 spiro atoms. The molecule has 0 aliphatic heterocycles. The zero-order valence-corrected chi connectivity index (χ0v) is 14.2. The van der Waals surface area contributed by atoms with Crippen molar-refractivity contribution in [3.63, 3.8) is 0 Å². The summed E-state index contributed by atoms with van der Waals surface area (Å²) >= 11 is 1.51. The Labute approximate surface area is 138 Å². The van der Waals surface area contributed by atoms with E-state index in [9.17, 15) is 13.2 Å². The number of nitrogens with one attached hydrogen (secondary N) is 1. The van der Waals surface area contributed by atoms with Gasteiger partial charge in [-0.3, -0.25) is 4.79 Å². The van der Waals surface area contributed by atoms with Crippen LogP contribution < -0.4 is 5.32 Å². The molecule has 2 aromatic heterocycles. The highest BCUT2D eigenvalue weighted by Gasteiger charge is 2.30. The Bertz CT molecular complexity index is 759. The Morgan fingerprint density at radius 2 is 2.17 bits per heavy atom. The van der Waals surface area contributed by atoms with Crippen molar-refractivity contribution in [1.29, 1.82) is 0 Å². The van der Waals surface area contributed by atoms with Crippen LogP contribution in [0.5, 0.6) is 0 Å². The van der Waals surface area contributed by atoms with Gasteiger partial charge in [-0.1, -0.05) is 18.9 Å². The van der Waals surface area contributed by atoms with Crippen LogP contribution in [0.15, 0.2) is 28.2 Å². The molecule has 8 heteroatoms. The standard InChI is InChI=1S/C15H18N2O4S2/c18-14(10-23(19,20)12-4-1-2-5-12)16-8-11-9-21-15(17-11)13-6-3-7-22-13/h3,6-7,9,12H,1-2,4-5,8,10H2,(H,16,18). The summed E-state index contributed by atoms with van der Waals surface area (Å²) in [4.78, 5) is 17.1.